The fourth-order valence-corrected chi connectivity index (χ4v) is 1.49. The summed E-state index contributed by atoms with van der Waals surface area (Å²) in [6, 6.07) is 1.98. The van der Waals surface area contributed by atoms with Gasteiger partial charge in [-0.05, 0) is 25.0 Å². The van der Waals surface area contributed by atoms with Crippen LogP contribution in [0.15, 0.2) is 18.8 Å². The second kappa shape index (κ2) is 5.87. The van der Waals surface area contributed by atoms with Crippen molar-refractivity contribution in [2.45, 2.75) is 13.3 Å². The first kappa shape index (κ1) is 13.0. The van der Waals surface area contributed by atoms with Crippen LogP contribution in [0.25, 0.3) is 6.08 Å². The van der Waals surface area contributed by atoms with Crippen molar-refractivity contribution < 1.29 is 4.74 Å². The normalized spacial score (nSPS) is 14.8. The molecule has 0 N–H and O–H groups in total. The van der Waals surface area contributed by atoms with Gasteiger partial charge in [-0.3, -0.25) is 9.88 Å². The molecule has 0 unspecified atom stereocenters. The van der Waals surface area contributed by atoms with E-state index in [4.69, 9.17) is 4.74 Å². The number of hydrogen-bond donors (Lipinski definition) is 0. The van der Waals surface area contributed by atoms with Crippen LogP contribution in [0.1, 0.15) is 17.7 Å². The summed E-state index contributed by atoms with van der Waals surface area (Å²) in [5.74, 6) is 0.822. The standard InChI is InChI=1S/C12H16N2O.ClH/c1-3-11-7-12(8-13-10(11)2)15-9-14-5-4-6-14;/h3,7-8H,1,4-6,9H2,2H3;1H. The third-order valence-electron chi connectivity index (χ3n) is 2.68. The minimum absolute atomic E-state index is 0. The quantitative estimate of drug-likeness (QED) is 0.809. The van der Waals surface area contributed by atoms with E-state index >= 15 is 0 Å². The zero-order valence-corrected chi connectivity index (χ0v) is 10.3. The fourth-order valence-electron chi connectivity index (χ4n) is 1.49. The minimum atomic E-state index is 0. The molecule has 0 atom stereocenters. The zero-order chi connectivity index (χ0) is 10.7. The molecule has 1 aromatic rings. The molecule has 2 heterocycles. The van der Waals surface area contributed by atoms with E-state index in [0.29, 0.717) is 6.73 Å². The van der Waals surface area contributed by atoms with Crippen LogP contribution in [0.3, 0.4) is 0 Å². The molecule has 0 aromatic carbocycles. The highest BCUT2D eigenvalue weighted by Crippen LogP contribution is 2.16. The molecule has 1 fully saturated rings. The van der Waals surface area contributed by atoms with Crippen molar-refractivity contribution in [1.82, 2.24) is 9.88 Å². The Labute approximate surface area is 103 Å². The molecule has 16 heavy (non-hydrogen) atoms. The molecule has 1 aromatic heterocycles. The Bertz CT molecular complexity index is 364. The maximum atomic E-state index is 5.62. The molecule has 0 spiro atoms. The van der Waals surface area contributed by atoms with Gasteiger partial charge in [-0.1, -0.05) is 12.7 Å². The van der Waals surface area contributed by atoms with E-state index in [0.717, 1.165) is 30.1 Å². The Morgan fingerprint density at radius 1 is 1.56 bits per heavy atom. The van der Waals surface area contributed by atoms with Gasteiger partial charge >= 0.3 is 0 Å². The van der Waals surface area contributed by atoms with Crippen LogP contribution >= 0.6 is 12.4 Å². The Morgan fingerprint density at radius 2 is 2.31 bits per heavy atom. The monoisotopic (exact) mass is 240 g/mol. The summed E-state index contributed by atoms with van der Waals surface area (Å²) < 4.78 is 5.62. The molecule has 0 amide bonds. The highest BCUT2D eigenvalue weighted by Gasteiger charge is 2.13. The van der Waals surface area contributed by atoms with E-state index in [1.54, 1.807) is 12.3 Å². The summed E-state index contributed by atoms with van der Waals surface area (Å²) in [5.41, 5.74) is 2.03. The lowest BCUT2D eigenvalue weighted by Crippen LogP contribution is -2.39. The molecule has 0 radical (unpaired) electrons. The highest BCUT2D eigenvalue weighted by atomic mass is 35.5. The van der Waals surface area contributed by atoms with Crippen LogP contribution in [0, 0.1) is 6.92 Å². The zero-order valence-electron chi connectivity index (χ0n) is 9.48. The van der Waals surface area contributed by atoms with Crippen LogP contribution < -0.4 is 4.74 Å². The van der Waals surface area contributed by atoms with Crippen LogP contribution in [0.4, 0.5) is 0 Å². The second-order valence-corrected chi connectivity index (χ2v) is 3.79. The van der Waals surface area contributed by atoms with Crippen molar-refractivity contribution in [2.75, 3.05) is 19.8 Å². The maximum absolute atomic E-state index is 5.62. The molecule has 0 saturated carbocycles. The number of pyridine rings is 1. The number of aryl methyl sites for hydroxylation is 1. The third kappa shape index (κ3) is 2.97. The van der Waals surface area contributed by atoms with Crippen molar-refractivity contribution in [3.8, 4) is 5.75 Å². The number of hydrogen-bond acceptors (Lipinski definition) is 3. The number of rotatable bonds is 4. The van der Waals surface area contributed by atoms with E-state index in [2.05, 4.69) is 16.5 Å². The molecule has 1 saturated heterocycles. The Kier molecular flexibility index (Phi) is 4.77. The average molecular weight is 241 g/mol. The second-order valence-electron chi connectivity index (χ2n) is 3.79. The van der Waals surface area contributed by atoms with Gasteiger partial charge in [-0.25, -0.2) is 0 Å². The molecule has 2 rings (SSSR count). The summed E-state index contributed by atoms with van der Waals surface area (Å²) in [6.07, 6.45) is 4.86. The first-order valence-corrected chi connectivity index (χ1v) is 5.24. The number of aromatic nitrogens is 1. The van der Waals surface area contributed by atoms with E-state index in [9.17, 15) is 0 Å². The Balaban J connectivity index is 0.00000128. The maximum Gasteiger partial charge on any atom is 0.142 e. The van der Waals surface area contributed by atoms with Gasteiger partial charge in [-0.15, -0.1) is 12.4 Å². The molecular weight excluding hydrogens is 224 g/mol. The average Bonchev–Trinajstić information content (AvgIpc) is 2.18. The highest BCUT2D eigenvalue weighted by molar-refractivity contribution is 5.85. The number of likely N-dealkylation sites (tertiary alicyclic amines) is 1. The van der Waals surface area contributed by atoms with Gasteiger partial charge in [0.25, 0.3) is 0 Å². The SMILES string of the molecule is C=Cc1cc(OCN2CCC2)cnc1C.Cl. The predicted octanol–water partition coefficient (Wildman–Crippen LogP) is 2.50. The molecule has 1 aliphatic heterocycles. The van der Waals surface area contributed by atoms with Crippen LogP contribution in [0.5, 0.6) is 5.75 Å². The first-order chi connectivity index (χ1) is 7.29. The molecular formula is C12H17ClN2O. The summed E-state index contributed by atoms with van der Waals surface area (Å²) in [6.45, 7) is 8.68. The van der Waals surface area contributed by atoms with Crippen molar-refractivity contribution >= 4 is 18.5 Å². The van der Waals surface area contributed by atoms with Crippen LogP contribution in [0.2, 0.25) is 0 Å². The fraction of sp³-hybridized carbons (Fsp3) is 0.417. The smallest absolute Gasteiger partial charge is 0.142 e. The Morgan fingerprint density at radius 3 is 2.88 bits per heavy atom. The largest absolute Gasteiger partial charge is 0.477 e. The van der Waals surface area contributed by atoms with E-state index in [1.165, 1.54) is 6.42 Å². The van der Waals surface area contributed by atoms with Crippen molar-refractivity contribution in [3.63, 3.8) is 0 Å². The number of halogens is 1. The summed E-state index contributed by atoms with van der Waals surface area (Å²) >= 11 is 0. The van der Waals surface area contributed by atoms with Crippen molar-refractivity contribution in [2.24, 2.45) is 0 Å². The molecule has 3 nitrogen and oxygen atoms in total. The lowest BCUT2D eigenvalue weighted by atomic mass is 10.2. The predicted molar refractivity (Wildman–Crippen MR) is 68.0 cm³/mol. The molecule has 0 aliphatic carbocycles. The third-order valence-corrected chi connectivity index (χ3v) is 2.68. The van der Waals surface area contributed by atoms with Crippen molar-refractivity contribution in [3.05, 3.63) is 30.1 Å². The lowest BCUT2D eigenvalue weighted by molar-refractivity contribution is 0.0728. The van der Waals surface area contributed by atoms with Gasteiger partial charge in [0.2, 0.25) is 0 Å². The van der Waals surface area contributed by atoms with Gasteiger partial charge in [0.15, 0.2) is 0 Å². The number of nitrogens with zero attached hydrogens (tertiary/aromatic N) is 2. The topological polar surface area (TPSA) is 25.4 Å². The molecule has 88 valence electrons. The van der Waals surface area contributed by atoms with E-state index < -0.39 is 0 Å². The van der Waals surface area contributed by atoms with Gasteiger partial charge in [-0.2, -0.15) is 0 Å². The molecule has 1 aliphatic rings. The summed E-state index contributed by atoms with van der Waals surface area (Å²) in [5, 5.41) is 0. The van der Waals surface area contributed by atoms with E-state index in [-0.39, 0.29) is 12.4 Å². The lowest BCUT2D eigenvalue weighted by Gasteiger charge is -2.30. The van der Waals surface area contributed by atoms with Crippen LogP contribution in [-0.2, 0) is 0 Å². The van der Waals surface area contributed by atoms with Gasteiger partial charge in [0, 0.05) is 18.8 Å². The Hall–Kier alpha value is -1.06. The van der Waals surface area contributed by atoms with Crippen molar-refractivity contribution in [1.29, 1.82) is 0 Å². The van der Waals surface area contributed by atoms with Gasteiger partial charge < -0.3 is 4.74 Å². The minimum Gasteiger partial charge on any atom is -0.477 e. The number of ether oxygens (including phenoxy) is 1. The summed E-state index contributed by atoms with van der Waals surface area (Å²) in [4.78, 5) is 6.51. The van der Waals surface area contributed by atoms with Gasteiger partial charge in [0.05, 0.1) is 6.20 Å². The van der Waals surface area contributed by atoms with Crippen LogP contribution in [-0.4, -0.2) is 29.7 Å². The van der Waals surface area contributed by atoms with Gasteiger partial charge in [0.1, 0.15) is 12.5 Å². The molecule has 4 heteroatoms. The molecule has 0 bridgehead atoms. The van der Waals surface area contributed by atoms with E-state index in [1.807, 2.05) is 13.0 Å². The first-order valence-electron chi connectivity index (χ1n) is 5.24. The summed E-state index contributed by atoms with van der Waals surface area (Å²) in [7, 11) is 0.